The zero-order valence-electron chi connectivity index (χ0n) is 20.7. The van der Waals surface area contributed by atoms with Gasteiger partial charge >= 0.3 is 41.7 Å². The molecule has 2 aliphatic rings. The second kappa shape index (κ2) is 9.71. The van der Waals surface area contributed by atoms with Crippen molar-refractivity contribution in [2.75, 3.05) is 11.1 Å². The number of rotatable bonds is 4. The molecule has 0 aliphatic carbocycles. The van der Waals surface area contributed by atoms with Gasteiger partial charge in [0.05, 0.1) is 16.1 Å². The minimum absolute atomic E-state index is 0. The van der Waals surface area contributed by atoms with Crippen molar-refractivity contribution < 1.29 is 71.9 Å². The van der Waals surface area contributed by atoms with Crippen LogP contribution in [0.1, 0.15) is 30.6 Å². The van der Waals surface area contributed by atoms with E-state index in [1.54, 1.807) is 6.07 Å². The third-order valence-corrected chi connectivity index (χ3v) is 7.74. The number of alkyl halides is 3. The fourth-order valence-electron chi connectivity index (χ4n) is 4.46. The number of anilines is 1. The summed E-state index contributed by atoms with van der Waals surface area (Å²) in [5.41, 5.74) is -1.99. The number of ether oxygens (including phenoxy) is 2. The first-order chi connectivity index (χ1) is 17.1. The molecule has 0 amide bonds. The summed E-state index contributed by atoms with van der Waals surface area (Å²) < 4.78 is 80.5. The monoisotopic (exact) mass is 541 g/mol. The van der Waals surface area contributed by atoms with Crippen LogP contribution in [0.5, 0.6) is 11.5 Å². The molecule has 3 aromatic carbocycles. The molecule has 0 radical (unpaired) electrons. The number of sulfonamides is 1. The molecule has 2 heterocycles. The van der Waals surface area contributed by atoms with Gasteiger partial charge in [-0.1, -0.05) is 37.3 Å². The number of hydrogen-bond donors (Lipinski definition) is 1. The van der Waals surface area contributed by atoms with Gasteiger partial charge in [0.15, 0.2) is 17.2 Å². The number of para-hydroxylation sites is 1. The van der Waals surface area contributed by atoms with E-state index in [0.29, 0.717) is 29.5 Å². The molecule has 188 valence electrons. The number of hydrogen-bond acceptors (Lipinski definition) is 5. The zero-order chi connectivity index (χ0) is 25.8. The SMILES string of the molecule is CCc1cc(C2=C(C(=O)O)N(c3ccccc3C(F)(F)F)S(=O)(=O)c3ccccc32)cc2c1OCO2.[H-].[Na+]. The summed E-state index contributed by atoms with van der Waals surface area (Å²) in [5, 5.41) is 10.3. The zero-order valence-corrected chi connectivity index (χ0v) is 22.5. The van der Waals surface area contributed by atoms with Crippen molar-refractivity contribution >= 4 is 27.3 Å². The Bertz CT molecular complexity index is 1560. The van der Waals surface area contributed by atoms with Gasteiger partial charge in [-0.05, 0) is 47.9 Å². The molecule has 0 saturated heterocycles. The van der Waals surface area contributed by atoms with Gasteiger partial charge in [-0.2, -0.15) is 13.2 Å². The van der Waals surface area contributed by atoms with Crippen LogP contribution in [0, 0.1) is 0 Å². The minimum atomic E-state index is -4.94. The average molecular weight is 541 g/mol. The molecular formula is C25H19F3NNaO6S. The summed E-state index contributed by atoms with van der Waals surface area (Å²) in [6.45, 7) is 1.80. The number of aryl methyl sites for hydroxylation is 1. The van der Waals surface area contributed by atoms with E-state index in [9.17, 15) is 31.5 Å². The molecule has 0 saturated carbocycles. The molecule has 7 nitrogen and oxygen atoms in total. The molecule has 12 heteroatoms. The maximum atomic E-state index is 13.9. The van der Waals surface area contributed by atoms with Crippen LogP contribution in [0.15, 0.2) is 71.3 Å². The fraction of sp³-hybridized carbons (Fsp3) is 0.160. The number of carbonyl (C=O) groups is 1. The van der Waals surface area contributed by atoms with E-state index in [-0.39, 0.29) is 63.7 Å². The van der Waals surface area contributed by atoms with Crippen LogP contribution in [-0.2, 0) is 27.4 Å². The van der Waals surface area contributed by atoms with Crippen molar-refractivity contribution in [2.45, 2.75) is 24.4 Å². The van der Waals surface area contributed by atoms with Crippen LogP contribution < -0.4 is 43.3 Å². The first-order valence-corrected chi connectivity index (χ1v) is 12.2. The van der Waals surface area contributed by atoms with Gasteiger partial charge in [-0.15, -0.1) is 0 Å². The predicted octanol–water partition coefficient (Wildman–Crippen LogP) is 2.17. The van der Waals surface area contributed by atoms with Gasteiger partial charge < -0.3 is 16.0 Å². The topological polar surface area (TPSA) is 93.1 Å². The van der Waals surface area contributed by atoms with Crippen molar-refractivity contribution in [2.24, 2.45) is 0 Å². The quantitative estimate of drug-likeness (QED) is 0.509. The first kappa shape index (κ1) is 27.1. The average Bonchev–Trinajstić information content (AvgIpc) is 3.31. The molecule has 0 spiro atoms. The Labute approximate surface area is 233 Å². The van der Waals surface area contributed by atoms with Gasteiger partial charge in [0, 0.05) is 11.1 Å². The van der Waals surface area contributed by atoms with Crippen molar-refractivity contribution in [3.8, 4) is 11.5 Å². The number of carboxylic acid groups (broad SMARTS) is 1. The standard InChI is InChI=1S/C25H18F3NO6S.Na.H/c1-2-14-11-15(12-19-23(14)35-13-34-19)21-16-7-3-6-10-20(16)36(32,33)29(22(21)24(30)31)18-9-5-4-8-17(18)25(26,27)28;;/h3-12H,2,13H2,1H3,(H,30,31);;/q;+1;-1. The molecule has 0 fully saturated rings. The number of aliphatic carboxylic acids is 1. The second-order valence-electron chi connectivity index (χ2n) is 8.03. The van der Waals surface area contributed by atoms with Crippen molar-refractivity contribution in [3.05, 3.63) is 88.6 Å². The van der Waals surface area contributed by atoms with Gasteiger partial charge in [0.25, 0.3) is 10.0 Å². The van der Waals surface area contributed by atoms with Gasteiger partial charge in [0.1, 0.15) is 0 Å². The minimum Gasteiger partial charge on any atom is -1.00 e. The summed E-state index contributed by atoms with van der Waals surface area (Å²) in [7, 11) is -4.74. The number of carboxylic acids is 1. The summed E-state index contributed by atoms with van der Waals surface area (Å²) in [6.07, 6.45) is -4.46. The number of benzene rings is 3. The van der Waals surface area contributed by atoms with E-state index < -0.39 is 39.1 Å². The predicted molar refractivity (Wildman–Crippen MR) is 124 cm³/mol. The van der Waals surface area contributed by atoms with E-state index in [0.717, 1.165) is 12.1 Å². The van der Waals surface area contributed by atoms with Crippen LogP contribution in [0.3, 0.4) is 0 Å². The fourth-order valence-corrected chi connectivity index (χ4v) is 6.19. The van der Waals surface area contributed by atoms with Crippen LogP contribution >= 0.6 is 0 Å². The van der Waals surface area contributed by atoms with Crippen LogP contribution in [0.25, 0.3) is 5.57 Å². The largest absolute Gasteiger partial charge is 1.00 e. The maximum Gasteiger partial charge on any atom is 1.00 e. The van der Waals surface area contributed by atoms with Crippen LogP contribution in [0.4, 0.5) is 18.9 Å². The van der Waals surface area contributed by atoms with Gasteiger partial charge in [-0.3, -0.25) is 0 Å². The number of halogens is 3. The van der Waals surface area contributed by atoms with Crippen LogP contribution in [0.2, 0.25) is 0 Å². The Kier molecular flexibility index (Phi) is 7.10. The van der Waals surface area contributed by atoms with Gasteiger partial charge in [-0.25, -0.2) is 17.5 Å². The van der Waals surface area contributed by atoms with E-state index in [1.165, 1.54) is 36.4 Å². The molecule has 3 aromatic rings. The van der Waals surface area contributed by atoms with Crippen molar-refractivity contribution in [1.82, 2.24) is 0 Å². The summed E-state index contributed by atoms with van der Waals surface area (Å²) in [6, 6.07) is 12.7. The summed E-state index contributed by atoms with van der Waals surface area (Å²) in [5.74, 6) is -0.903. The molecule has 2 aliphatic heterocycles. The van der Waals surface area contributed by atoms with E-state index >= 15 is 0 Å². The smallest absolute Gasteiger partial charge is 1.00 e. The van der Waals surface area contributed by atoms with E-state index in [1.807, 2.05) is 6.92 Å². The summed E-state index contributed by atoms with van der Waals surface area (Å²) >= 11 is 0. The van der Waals surface area contributed by atoms with E-state index in [4.69, 9.17) is 9.47 Å². The molecule has 5 rings (SSSR count). The first-order valence-electron chi connectivity index (χ1n) is 10.8. The molecule has 0 atom stereocenters. The Morgan fingerprint density at radius 3 is 2.43 bits per heavy atom. The molecule has 0 aromatic heterocycles. The summed E-state index contributed by atoms with van der Waals surface area (Å²) in [4.78, 5) is 12.3. The Morgan fingerprint density at radius 1 is 1.08 bits per heavy atom. The molecule has 0 bridgehead atoms. The normalized spacial score (nSPS) is 15.7. The van der Waals surface area contributed by atoms with Gasteiger partial charge in [0.2, 0.25) is 6.79 Å². The Hall–Kier alpha value is -2.99. The maximum absolute atomic E-state index is 13.9. The Morgan fingerprint density at radius 2 is 1.76 bits per heavy atom. The molecule has 37 heavy (non-hydrogen) atoms. The van der Waals surface area contributed by atoms with Crippen LogP contribution in [-0.4, -0.2) is 26.3 Å². The molecule has 1 N–H and O–H groups in total. The molecular weight excluding hydrogens is 522 g/mol. The van der Waals surface area contributed by atoms with E-state index in [2.05, 4.69) is 0 Å². The Balaban J connectivity index is 0.00000200. The third kappa shape index (κ3) is 4.39. The number of fused-ring (bicyclic) bond motifs is 2. The second-order valence-corrected chi connectivity index (χ2v) is 9.79. The van der Waals surface area contributed by atoms with Crippen molar-refractivity contribution in [3.63, 3.8) is 0 Å². The third-order valence-electron chi connectivity index (χ3n) is 5.96. The van der Waals surface area contributed by atoms with Crippen molar-refractivity contribution in [1.29, 1.82) is 0 Å². The number of nitrogens with zero attached hydrogens (tertiary/aromatic N) is 1. The molecule has 0 unspecified atom stereocenters.